The van der Waals surface area contributed by atoms with Gasteiger partial charge in [-0.25, -0.2) is 0 Å². The van der Waals surface area contributed by atoms with Crippen LogP contribution in [0.1, 0.15) is 23.7 Å². The highest BCUT2D eigenvalue weighted by molar-refractivity contribution is 6.33. The second-order valence-corrected chi connectivity index (χ2v) is 5.38. The summed E-state index contributed by atoms with van der Waals surface area (Å²) in [6.45, 7) is 4.21. The molecule has 0 aliphatic carbocycles. The minimum atomic E-state index is 0. The van der Waals surface area contributed by atoms with Gasteiger partial charge in [0.15, 0.2) is 0 Å². The van der Waals surface area contributed by atoms with E-state index in [0.29, 0.717) is 23.7 Å². The number of carbonyl (C=O) groups excluding carboxylic acids is 1. The molecule has 0 radical (unpaired) electrons. The molecule has 1 fully saturated rings. The molecule has 5 heteroatoms. The number of carbonyl (C=O) groups is 1. The van der Waals surface area contributed by atoms with Gasteiger partial charge < -0.3 is 10.6 Å². The van der Waals surface area contributed by atoms with E-state index in [-0.39, 0.29) is 23.7 Å². The normalized spacial score (nSPS) is 22.7. The third kappa shape index (κ3) is 2.97. The topological polar surface area (TPSA) is 46.3 Å². The molecular formula is C13H18Cl2N2O. The molecule has 2 rings (SSSR count). The summed E-state index contributed by atoms with van der Waals surface area (Å²) >= 11 is 6.03. The maximum atomic E-state index is 12.3. The van der Waals surface area contributed by atoms with Gasteiger partial charge in [0.05, 0.1) is 10.6 Å². The van der Waals surface area contributed by atoms with Crippen molar-refractivity contribution in [2.45, 2.75) is 13.3 Å². The molecule has 1 heterocycles. The van der Waals surface area contributed by atoms with Gasteiger partial charge in [-0.2, -0.15) is 0 Å². The Morgan fingerprint density at radius 1 is 1.50 bits per heavy atom. The number of halogens is 2. The average molecular weight is 289 g/mol. The maximum Gasteiger partial charge on any atom is 0.255 e. The fraction of sp³-hybridized carbons (Fsp3) is 0.462. The van der Waals surface area contributed by atoms with Gasteiger partial charge in [-0.05, 0) is 30.5 Å². The summed E-state index contributed by atoms with van der Waals surface area (Å²) < 4.78 is 0. The molecule has 1 saturated heterocycles. The van der Waals surface area contributed by atoms with Crippen LogP contribution in [-0.2, 0) is 0 Å². The second-order valence-electron chi connectivity index (χ2n) is 4.97. The van der Waals surface area contributed by atoms with Crippen LogP contribution >= 0.6 is 24.0 Å². The summed E-state index contributed by atoms with van der Waals surface area (Å²) in [6.07, 6.45) is 0.958. The predicted octanol–water partition coefficient (Wildman–Crippen LogP) is 2.57. The summed E-state index contributed by atoms with van der Waals surface area (Å²) in [7, 11) is 0. The van der Waals surface area contributed by atoms with E-state index in [2.05, 4.69) is 6.92 Å². The minimum absolute atomic E-state index is 0. The van der Waals surface area contributed by atoms with Gasteiger partial charge >= 0.3 is 0 Å². The number of rotatable bonds is 2. The molecule has 1 aromatic rings. The predicted molar refractivity (Wildman–Crippen MR) is 76.4 cm³/mol. The molecule has 3 nitrogen and oxygen atoms in total. The zero-order chi connectivity index (χ0) is 12.5. The standard InChI is InChI=1S/C13H17ClN2O.ClH/c1-13(8-15)6-7-16(9-13)12(17)10-4-2-3-5-11(10)14;/h2-5H,6-9,15H2,1H3;1H. The van der Waals surface area contributed by atoms with Gasteiger partial charge in [0.2, 0.25) is 0 Å². The van der Waals surface area contributed by atoms with E-state index in [1.165, 1.54) is 0 Å². The van der Waals surface area contributed by atoms with Crippen LogP contribution in [0.2, 0.25) is 5.02 Å². The summed E-state index contributed by atoms with van der Waals surface area (Å²) in [6, 6.07) is 7.17. The fourth-order valence-corrected chi connectivity index (χ4v) is 2.39. The Kier molecular flexibility index (Phi) is 5.02. The Morgan fingerprint density at radius 3 is 2.72 bits per heavy atom. The first-order chi connectivity index (χ1) is 8.06. The van der Waals surface area contributed by atoms with Crippen LogP contribution in [0.3, 0.4) is 0 Å². The fourth-order valence-electron chi connectivity index (χ4n) is 2.17. The van der Waals surface area contributed by atoms with Crippen LogP contribution < -0.4 is 5.73 Å². The molecule has 1 unspecified atom stereocenters. The van der Waals surface area contributed by atoms with Crippen molar-refractivity contribution in [2.75, 3.05) is 19.6 Å². The van der Waals surface area contributed by atoms with Crippen molar-refractivity contribution >= 4 is 29.9 Å². The summed E-state index contributed by atoms with van der Waals surface area (Å²) in [4.78, 5) is 14.1. The van der Waals surface area contributed by atoms with Crippen molar-refractivity contribution in [3.8, 4) is 0 Å². The number of hydrogen-bond donors (Lipinski definition) is 1. The molecule has 0 spiro atoms. The monoisotopic (exact) mass is 288 g/mol. The van der Waals surface area contributed by atoms with Crippen LogP contribution in [0.4, 0.5) is 0 Å². The number of nitrogens with zero attached hydrogens (tertiary/aromatic N) is 1. The van der Waals surface area contributed by atoms with E-state index in [4.69, 9.17) is 17.3 Å². The molecule has 0 saturated carbocycles. The molecule has 18 heavy (non-hydrogen) atoms. The maximum absolute atomic E-state index is 12.3. The smallest absolute Gasteiger partial charge is 0.255 e. The lowest BCUT2D eigenvalue weighted by Crippen LogP contribution is -2.34. The highest BCUT2D eigenvalue weighted by atomic mass is 35.5. The Bertz CT molecular complexity index is 439. The lowest BCUT2D eigenvalue weighted by Gasteiger charge is -2.22. The molecule has 1 amide bonds. The third-order valence-electron chi connectivity index (χ3n) is 3.44. The van der Waals surface area contributed by atoms with Gasteiger partial charge in [-0.3, -0.25) is 4.79 Å². The quantitative estimate of drug-likeness (QED) is 0.909. The van der Waals surface area contributed by atoms with Gasteiger partial charge in [-0.1, -0.05) is 30.7 Å². The number of likely N-dealkylation sites (tertiary alicyclic amines) is 1. The molecule has 1 aromatic carbocycles. The average Bonchev–Trinajstić information content (AvgIpc) is 2.73. The van der Waals surface area contributed by atoms with Crippen molar-refractivity contribution in [1.29, 1.82) is 0 Å². The van der Waals surface area contributed by atoms with E-state index >= 15 is 0 Å². The first-order valence-electron chi connectivity index (χ1n) is 5.80. The van der Waals surface area contributed by atoms with Gasteiger partial charge in [-0.15, -0.1) is 12.4 Å². The Balaban J connectivity index is 0.00000162. The Hall–Kier alpha value is -0.770. The van der Waals surface area contributed by atoms with E-state index in [1.54, 1.807) is 12.1 Å². The van der Waals surface area contributed by atoms with Crippen molar-refractivity contribution in [3.05, 3.63) is 34.9 Å². The van der Waals surface area contributed by atoms with Crippen molar-refractivity contribution in [1.82, 2.24) is 4.90 Å². The molecular weight excluding hydrogens is 271 g/mol. The van der Waals surface area contributed by atoms with Crippen molar-refractivity contribution in [3.63, 3.8) is 0 Å². The third-order valence-corrected chi connectivity index (χ3v) is 3.77. The lowest BCUT2D eigenvalue weighted by molar-refractivity contribution is 0.0777. The van der Waals surface area contributed by atoms with Crippen LogP contribution in [0.15, 0.2) is 24.3 Å². The highest BCUT2D eigenvalue weighted by Crippen LogP contribution is 2.30. The zero-order valence-corrected chi connectivity index (χ0v) is 11.9. The summed E-state index contributed by atoms with van der Waals surface area (Å²) in [5.74, 6) is 0.00720. The molecule has 1 aliphatic rings. The van der Waals surface area contributed by atoms with E-state index in [0.717, 1.165) is 13.0 Å². The largest absolute Gasteiger partial charge is 0.338 e. The van der Waals surface area contributed by atoms with Crippen LogP contribution in [0.25, 0.3) is 0 Å². The minimum Gasteiger partial charge on any atom is -0.338 e. The molecule has 1 atom stereocenters. The number of hydrogen-bond acceptors (Lipinski definition) is 2. The SMILES string of the molecule is CC1(CN)CCN(C(=O)c2ccccc2Cl)C1.Cl. The number of amides is 1. The van der Waals surface area contributed by atoms with Gasteiger partial charge in [0.1, 0.15) is 0 Å². The number of benzene rings is 1. The first-order valence-corrected chi connectivity index (χ1v) is 6.17. The Labute approximate surface area is 119 Å². The van der Waals surface area contributed by atoms with Crippen LogP contribution in [0, 0.1) is 5.41 Å². The van der Waals surface area contributed by atoms with E-state index in [1.807, 2.05) is 17.0 Å². The highest BCUT2D eigenvalue weighted by Gasteiger charge is 2.35. The molecule has 0 bridgehead atoms. The van der Waals surface area contributed by atoms with Crippen LogP contribution in [-0.4, -0.2) is 30.4 Å². The van der Waals surface area contributed by atoms with E-state index in [9.17, 15) is 4.79 Å². The molecule has 0 aromatic heterocycles. The molecule has 1 aliphatic heterocycles. The molecule has 2 N–H and O–H groups in total. The van der Waals surface area contributed by atoms with E-state index < -0.39 is 0 Å². The zero-order valence-electron chi connectivity index (χ0n) is 10.4. The molecule has 100 valence electrons. The Morgan fingerprint density at radius 2 is 2.17 bits per heavy atom. The van der Waals surface area contributed by atoms with Crippen molar-refractivity contribution in [2.24, 2.45) is 11.1 Å². The van der Waals surface area contributed by atoms with Gasteiger partial charge in [0.25, 0.3) is 5.91 Å². The lowest BCUT2D eigenvalue weighted by atomic mass is 9.90. The van der Waals surface area contributed by atoms with Crippen molar-refractivity contribution < 1.29 is 4.79 Å². The van der Waals surface area contributed by atoms with Gasteiger partial charge in [0, 0.05) is 13.1 Å². The second kappa shape index (κ2) is 5.91. The van der Waals surface area contributed by atoms with Crippen LogP contribution in [0.5, 0.6) is 0 Å². The number of nitrogens with two attached hydrogens (primary N) is 1. The first kappa shape index (κ1) is 15.3. The summed E-state index contributed by atoms with van der Waals surface area (Å²) in [5, 5.41) is 0.513. The summed E-state index contributed by atoms with van der Waals surface area (Å²) in [5.41, 5.74) is 6.37.